The Kier molecular flexibility index (Phi) is 4.60. The van der Waals surface area contributed by atoms with Crippen LogP contribution in [0.4, 0.5) is 5.82 Å². The molecular formula is C14H18N4O4S. The third-order valence-electron chi connectivity index (χ3n) is 3.50. The molecule has 3 heterocycles. The second kappa shape index (κ2) is 6.65. The summed E-state index contributed by atoms with van der Waals surface area (Å²) >= 11 is 0. The van der Waals surface area contributed by atoms with Crippen LogP contribution in [-0.4, -0.2) is 48.7 Å². The number of nitrogens with zero attached hydrogens (tertiary/aromatic N) is 3. The molecule has 1 saturated heterocycles. The molecule has 1 N–H and O–H groups in total. The van der Waals surface area contributed by atoms with Crippen molar-refractivity contribution in [1.29, 1.82) is 0 Å². The molecule has 0 aromatic carbocycles. The van der Waals surface area contributed by atoms with E-state index >= 15 is 0 Å². The van der Waals surface area contributed by atoms with Crippen molar-refractivity contribution in [2.45, 2.75) is 12.6 Å². The first-order chi connectivity index (χ1) is 11.0. The number of hydrogen-bond acceptors (Lipinski definition) is 7. The van der Waals surface area contributed by atoms with E-state index in [0.717, 1.165) is 5.76 Å². The van der Waals surface area contributed by atoms with Crippen molar-refractivity contribution in [3.8, 4) is 0 Å². The van der Waals surface area contributed by atoms with Crippen molar-refractivity contribution in [1.82, 2.24) is 14.3 Å². The van der Waals surface area contributed by atoms with E-state index in [1.807, 2.05) is 12.1 Å². The molecule has 0 bridgehead atoms. The highest BCUT2D eigenvalue weighted by Crippen LogP contribution is 2.24. The van der Waals surface area contributed by atoms with Crippen molar-refractivity contribution in [3.05, 3.63) is 42.2 Å². The molecule has 0 saturated carbocycles. The molecule has 23 heavy (non-hydrogen) atoms. The molecule has 124 valence electrons. The Balaban J connectivity index is 1.77. The molecule has 0 amide bonds. The molecule has 3 rings (SSSR count). The number of furan rings is 1. The van der Waals surface area contributed by atoms with Crippen LogP contribution in [0.15, 0.2) is 35.1 Å². The van der Waals surface area contributed by atoms with Gasteiger partial charge in [-0.15, -0.1) is 0 Å². The van der Waals surface area contributed by atoms with E-state index in [2.05, 4.69) is 15.3 Å². The minimum atomic E-state index is -3.35. The van der Waals surface area contributed by atoms with Gasteiger partial charge >= 0.3 is 0 Å². The molecular weight excluding hydrogens is 320 g/mol. The van der Waals surface area contributed by atoms with Gasteiger partial charge in [0.25, 0.3) is 0 Å². The lowest BCUT2D eigenvalue weighted by atomic mass is 10.2. The second-order valence-electron chi connectivity index (χ2n) is 5.20. The van der Waals surface area contributed by atoms with Crippen molar-refractivity contribution >= 4 is 15.8 Å². The number of ether oxygens (including phenoxy) is 1. The Morgan fingerprint density at radius 3 is 3.04 bits per heavy atom. The lowest BCUT2D eigenvalue weighted by Crippen LogP contribution is -2.43. The number of rotatable bonds is 5. The molecule has 1 aliphatic heterocycles. The Morgan fingerprint density at radius 2 is 2.30 bits per heavy atom. The Labute approximate surface area is 134 Å². The van der Waals surface area contributed by atoms with Gasteiger partial charge in [-0.3, -0.25) is 0 Å². The Bertz CT molecular complexity index is 748. The summed E-state index contributed by atoms with van der Waals surface area (Å²) in [6, 6.07) is 4.88. The molecule has 0 aliphatic carbocycles. The molecule has 1 fully saturated rings. The fourth-order valence-corrected chi connectivity index (χ4v) is 3.44. The number of nitrogens with one attached hydrogen (secondary N) is 1. The van der Waals surface area contributed by atoms with Gasteiger partial charge in [0, 0.05) is 12.7 Å². The van der Waals surface area contributed by atoms with Crippen LogP contribution < -0.4 is 5.32 Å². The zero-order valence-corrected chi connectivity index (χ0v) is 13.5. The maximum Gasteiger partial charge on any atom is 0.212 e. The summed E-state index contributed by atoms with van der Waals surface area (Å²) in [6.07, 6.45) is 4.39. The first kappa shape index (κ1) is 15.9. The molecule has 1 aliphatic rings. The maximum absolute atomic E-state index is 11.9. The SMILES string of the molecule is CS(=O)(=O)N1CCOC[C@@H]1c1nccc(NCc2ccco2)n1. The fraction of sp³-hybridized carbons (Fsp3) is 0.429. The van der Waals surface area contributed by atoms with Gasteiger partial charge in [0.2, 0.25) is 10.0 Å². The number of aromatic nitrogens is 2. The lowest BCUT2D eigenvalue weighted by Gasteiger charge is -2.32. The molecule has 8 nitrogen and oxygen atoms in total. The number of morpholine rings is 1. The summed E-state index contributed by atoms with van der Waals surface area (Å²) in [6.45, 7) is 1.41. The summed E-state index contributed by atoms with van der Waals surface area (Å²) < 4.78 is 35.9. The molecule has 0 unspecified atom stereocenters. The molecule has 1 atom stereocenters. The van der Waals surface area contributed by atoms with Crippen LogP contribution in [0.3, 0.4) is 0 Å². The average Bonchev–Trinajstić information content (AvgIpc) is 3.06. The highest BCUT2D eigenvalue weighted by molar-refractivity contribution is 7.88. The smallest absolute Gasteiger partial charge is 0.212 e. The van der Waals surface area contributed by atoms with E-state index in [1.54, 1.807) is 18.5 Å². The third kappa shape index (κ3) is 3.87. The Hall–Kier alpha value is -1.97. The Morgan fingerprint density at radius 1 is 1.43 bits per heavy atom. The van der Waals surface area contributed by atoms with Gasteiger partial charge in [0.05, 0.1) is 32.3 Å². The van der Waals surface area contributed by atoms with Crippen LogP contribution in [0.1, 0.15) is 17.6 Å². The minimum absolute atomic E-state index is 0.245. The first-order valence-electron chi connectivity index (χ1n) is 7.18. The molecule has 9 heteroatoms. The van der Waals surface area contributed by atoms with Crippen molar-refractivity contribution in [2.24, 2.45) is 0 Å². The highest BCUT2D eigenvalue weighted by atomic mass is 32.2. The van der Waals surface area contributed by atoms with E-state index in [1.165, 1.54) is 10.6 Å². The summed E-state index contributed by atoms with van der Waals surface area (Å²) in [5.74, 6) is 1.80. The topological polar surface area (TPSA) is 97.6 Å². The fourth-order valence-electron chi connectivity index (χ4n) is 2.41. The van der Waals surface area contributed by atoms with Crippen molar-refractivity contribution in [2.75, 3.05) is 31.3 Å². The zero-order chi connectivity index (χ0) is 16.3. The van der Waals surface area contributed by atoms with E-state index in [-0.39, 0.29) is 6.61 Å². The average molecular weight is 338 g/mol. The van der Waals surface area contributed by atoms with Gasteiger partial charge in [-0.2, -0.15) is 4.31 Å². The van der Waals surface area contributed by atoms with Crippen LogP contribution in [0, 0.1) is 0 Å². The predicted octanol–water partition coefficient (Wildman–Crippen LogP) is 1.01. The van der Waals surface area contributed by atoms with Crippen LogP contribution >= 0.6 is 0 Å². The predicted molar refractivity (Wildman–Crippen MR) is 83.2 cm³/mol. The number of sulfonamides is 1. The summed E-state index contributed by atoms with van der Waals surface area (Å²) in [5.41, 5.74) is 0. The van der Waals surface area contributed by atoms with E-state index in [0.29, 0.717) is 31.3 Å². The standard InChI is InChI=1S/C14H18N4O4S/c1-23(19,20)18-6-8-21-10-12(18)14-15-5-4-13(17-14)16-9-11-3-2-7-22-11/h2-5,7,12H,6,8-10H2,1H3,(H,15,16,17)/t12-/m1/s1. The molecule has 0 radical (unpaired) electrons. The third-order valence-corrected chi connectivity index (χ3v) is 4.79. The first-order valence-corrected chi connectivity index (χ1v) is 9.02. The van der Waals surface area contributed by atoms with Gasteiger partial charge in [-0.25, -0.2) is 18.4 Å². The minimum Gasteiger partial charge on any atom is -0.467 e. The van der Waals surface area contributed by atoms with Crippen molar-refractivity contribution in [3.63, 3.8) is 0 Å². The van der Waals surface area contributed by atoms with Crippen LogP contribution in [0.5, 0.6) is 0 Å². The van der Waals surface area contributed by atoms with Crippen LogP contribution in [-0.2, 0) is 21.3 Å². The molecule has 0 spiro atoms. The van der Waals surface area contributed by atoms with E-state index in [4.69, 9.17) is 9.15 Å². The van der Waals surface area contributed by atoms with Gasteiger partial charge in [-0.1, -0.05) is 0 Å². The van der Waals surface area contributed by atoms with Gasteiger partial charge < -0.3 is 14.5 Å². The normalized spacial score (nSPS) is 19.6. The van der Waals surface area contributed by atoms with Gasteiger partial charge in [0.1, 0.15) is 17.6 Å². The second-order valence-corrected chi connectivity index (χ2v) is 7.13. The van der Waals surface area contributed by atoms with Gasteiger partial charge in [-0.05, 0) is 18.2 Å². The summed E-state index contributed by atoms with van der Waals surface area (Å²) in [7, 11) is -3.35. The van der Waals surface area contributed by atoms with Crippen molar-refractivity contribution < 1.29 is 17.6 Å². The summed E-state index contributed by atoms with van der Waals surface area (Å²) in [4.78, 5) is 8.62. The van der Waals surface area contributed by atoms with Crippen LogP contribution in [0.25, 0.3) is 0 Å². The van der Waals surface area contributed by atoms with Gasteiger partial charge in [0.15, 0.2) is 5.82 Å². The number of anilines is 1. The highest BCUT2D eigenvalue weighted by Gasteiger charge is 2.33. The monoisotopic (exact) mass is 338 g/mol. The lowest BCUT2D eigenvalue weighted by molar-refractivity contribution is 0.0293. The number of hydrogen-bond donors (Lipinski definition) is 1. The molecule has 2 aromatic rings. The van der Waals surface area contributed by atoms with Crippen LogP contribution in [0.2, 0.25) is 0 Å². The zero-order valence-electron chi connectivity index (χ0n) is 12.7. The van der Waals surface area contributed by atoms with E-state index in [9.17, 15) is 8.42 Å². The summed E-state index contributed by atoms with van der Waals surface area (Å²) in [5, 5.41) is 3.13. The van der Waals surface area contributed by atoms with E-state index < -0.39 is 16.1 Å². The largest absolute Gasteiger partial charge is 0.467 e. The quantitative estimate of drug-likeness (QED) is 0.869. The maximum atomic E-state index is 11.9. The molecule has 2 aromatic heterocycles.